The lowest BCUT2D eigenvalue weighted by molar-refractivity contribution is -0.0647. The summed E-state index contributed by atoms with van der Waals surface area (Å²) in [4.78, 5) is 0. The smallest absolute Gasteiger partial charge is 0.250 e. The van der Waals surface area contributed by atoms with Crippen LogP contribution >= 0.6 is 0 Å². The molecule has 3 heteroatoms. The van der Waals surface area contributed by atoms with Crippen molar-refractivity contribution in [2.24, 2.45) is 17.3 Å². The second-order valence-corrected chi connectivity index (χ2v) is 17.8. The monoisotopic (exact) mass is 474 g/mol. The Labute approximate surface area is 208 Å². The molecule has 2 saturated carbocycles. The molecule has 0 spiro atoms. The van der Waals surface area contributed by atoms with Gasteiger partial charge >= 0.3 is 0 Å². The Kier molecular flexibility index (Phi) is 5.73. The van der Waals surface area contributed by atoms with Crippen LogP contribution in [0.3, 0.4) is 0 Å². The molecular weight excluding hydrogens is 432 g/mol. The highest BCUT2D eigenvalue weighted by Gasteiger charge is 2.61. The molecule has 0 saturated heterocycles. The Balaban J connectivity index is 1.37. The molecule has 1 N–H and O–H groups in total. The zero-order valence-corrected chi connectivity index (χ0v) is 23.0. The van der Waals surface area contributed by atoms with Crippen molar-refractivity contribution in [1.82, 2.24) is 0 Å². The summed E-state index contributed by atoms with van der Waals surface area (Å²) in [6.45, 7) is 13.9. The molecule has 0 aromatic heterocycles. The fourth-order valence-corrected chi connectivity index (χ4v) is 8.04. The number of benzene rings is 1. The van der Waals surface area contributed by atoms with Crippen molar-refractivity contribution in [3.63, 3.8) is 0 Å². The SMILES string of the molecule is CC(C)(C)[Si](C)(C)Oc1ccc2c(c1)CC[C@@H]1[C@@H]2CC[C@@]2(C)[C@H]1CC[C@@]2(O)C#CC1=CC=CC1. The Morgan fingerprint density at radius 2 is 1.91 bits per heavy atom. The second kappa shape index (κ2) is 8.14. The van der Waals surface area contributed by atoms with Crippen molar-refractivity contribution < 1.29 is 9.53 Å². The Morgan fingerprint density at radius 1 is 1.12 bits per heavy atom. The fraction of sp³-hybridized carbons (Fsp3) is 0.613. The lowest BCUT2D eigenvalue weighted by Crippen LogP contribution is -2.50. The summed E-state index contributed by atoms with van der Waals surface area (Å²) in [7, 11) is -1.84. The summed E-state index contributed by atoms with van der Waals surface area (Å²) in [5.74, 6) is 9.59. The van der Waals surface area contributed by atoms with Crippen LogP contribution in [0.1, 0.15) is 83.3 Å². The lowest BCUT2D eigenvalue weighted by Gasteiger charge is -2.52. The molecule has 1 aromatic rings. The van der Waals surface area contributed by atoms with Crippen LogP contribution in [-0.4, -0.2) is 19.0 Å². The largest absolute Gasteiger partial charge is 0.543 e. The molecular formula is C31H42O2Si. The van der Waals surface area contributed by atoms with Crippen molar-refractivity contribution in [1.29, 1.82) is 0 Å². The predicted octanol–water partition coefficient (Wildman–Crippen LogP) is 7.55. The van der Waals surface area contributed by atoms with Crippen LogP contribution in [0.2, 0.25) is 18.1 Å². The van der Waals surface area contributed by atoms with Crippen LogP contribution in [0.5, 0.6) is 5.75 Å². The molecule has 182 valence electrons. The zero-order valence-electron chi connectivity index (χ0n) is 22.0. The number of hydrogen-bond donors (Lipinski definition) is 1. The zero-order chi connectivity index (χ0) is 24.4. The molecule has 0 unspecified atom stereocenters. The van der Waals surface area contributed by atoms with Gasteiger partial charge in [-0.1, -0.05) is 63.8 Å². The van der Waals surface area contributed by atoms with E-state index in [4.69, 9.17) is 4.43 Å². The first kappa shape index (κ1) is 24.0. The quantitative estimate of drug-likeness (QED) is 0.354. The maximum Gasteiger partial charge on any atom is 0.250 e. The summed E-state index contributed by atoms with van der Waals surface area (Å²) >= 11 is 0. The predicted molar refractivity (Wildman–Crippen MR) is 143 cm³/mol. The molecule has 0 radical (unpaired) electrons. The van der Waals surface area contributed by atoms with Crippen LogP contribution in [0.15, 0.2) is 42.0 Å². The number of fused-ring (bicyclic) bond motifs is 5. The maximum atomic E-state index is 11.8. The van der Waals surface area contributed by atoms with Gasteiger partial charge in [-0.2, -0.15) is 0 Å². The molecule has 0 heterocycles. The van der Waals surface area contributed by atoms with E-state index in [1.54, 1.807) is 5.56 Å². The van der Waals surface area contributed by atoms with E-state index in [2.05, 4.69) is 89.1 Å². The molecule has 1 aromatic carbocycles. The minimum atomic E-state index is -1.84. The van der Waals surface area contributed by atoms with Gasteiger partial charge in [0.2, 0.25) is 8.32 Å². The highest BCUT2D eigenvalue weighted by molar-refractivity contribution is 6.74. The average molecular weight is 475 g/mol. The van der Waals surface area contributed by atoms with E-state index < -0.39 is 13.9 Å². The topological polar surface area (TPSA) is 29.5 Å². The van der Waals surface area contributed by atoms with E-state index in [1.807, 2.05) is 0 Å². The van der Waals surface area contributed by atoms with Gasteiger partial charge in [0, 0.05) is 11.0 Å². The van der Waals surface area contributed by atoms with Gasteiger partial charge in [0.25, 0.3) is 0 Å². The lowest BCUT2D eigenvalue weighted by atomic mass is 9.53. The van der Waals surface area contributed by atoms with Crippen LogP contribution in [0.4, 0.5) is 0 Å². The van der Waals surface area contributed by atoms with Crippen LogP contribution in [0.25, 0.3) is 0 Å². The Hall–Kier alpha value is -1.76. The van der Waals surface area contributed by atoms with Crippen molar-refractivity contribution in [2.45, 2.75) is 102 Å². The third-order valence-electron chi connectivity index (χ3n) is 10.2. The summed E-state index contributed by atoms with van der Waals surface area (Å²) in [6.07, 6.45) is 13.7. The van der Waals surface area contributed by atoms with Crippen molar-refractivity contribution in [2.75, 3.05) is 0 Å². The highest BCUT2D eigenvalue weighted by Crippen LogP contribution is 2.64. The van der Waals surface area contributed by atoms with Gasteiger partial charge in [0.15, 0.2) is 0 Å². The standard InChI is InChI=1S/C31H42O2Si/c1-29(2,3)34(5,6)33-24-12-14-25-23(21-24)11-13-27-26(25)16-18-30(4)28(27)17-20-31(30,32)19-15-22-9-7-8-10-22/h7-9,12,14,21,26-28,32H,10-11,13,16-18,20H2,1-6H3/t26-,27-,28+,30+,31+/m1/s1. The minimum absolute atomic E-state index is 0.101. The van der Waals surface area contributed by atoms with E-state index in [0.717, 1.165) is 49.8 Å². The number of hydrogen-bond acceptors (Lipinski definition) is 2. The molecule has 2 nitrogen and oxygen atoms in total. The molecule has 0 bridgehead atoms. The molecule has 34 heavy (non-hydrogen) atoms. The summed E-state index contributed by atoms with van der Waals surface area (Å²) in [5.41, 5.74) is 3.22. The first-order valence-corrected chi connectivity index (χ1v) is 16.3. The summed E-state index contributed by atoms with van der Waals surface area (Å²) < 4.78 is 6.63. The Morgan fingerprint density at radius 3 is 2.62 bits per heavy atom. The van der Waals surface area contributed by atoms with Crippen LogP contribution in [0, 0.1) is 29.1 Å². The van der Waals surface area contributed by atoms with E-state index in [0.29, 0.717) is 17.8 Å². The number of aliphatic hydroxyl groups is 1. The fourth-order valence-electron chi connectivity index (χ4n) is 7.01. The van der Waals surface area contributed by atoms with Crippen LogP contribution in [-0.2, 0) is 6.42 Å². The van der Waals surface area contributed by atoms with Gasteiger partial charge in [-0.05, 0) is 104 Å². The van der Waals surface area contributed by atoms with Gasteiger partial charge in [-0.3, -0.25) is 0 Å². The number of allylic oxidation sites excluding steroid dienone is 4. The van der Waals surface area contributed by atoms with Gasteiger partial charge in [0.1, 0.15) is 11.4 Å². The molecule has 4 aliphatic carbocycles. The van der Waals surface area contributed by atoms with Gasteiger partial charge < -0.3 is 9.53 Å². The number of aryl methyl sites for hydroxylation is 1. The van der Waals surface area contributed by atoms with Crippen molar-refractivity contribution >= 4 is 8.32 Å². The molecule has 5 rings (SSSR count). The first-order valence-electron chi connectivity index (χ1n) is 13.4. The van der Waals surface area contributed by atoms with Crippen molar-refractivity contribution in [3.05, 3.63) is 53.1 Å². The van der Waals surface area contributed by atoms with E-state index in [9.17, 15) is 5.11 Å². The molecule has 2 fully saturated rings. The third kappa shape index (κ3) is 3.82. The number of rotatable bonds is 2. The third-order valence-corrected chi connectivity index (χ3v) is 14.6. The minimum Gasteiger partial charge on any atom is -0.543 e. The molecule has 0 amide bonds. The van der Waals surface area contributed by atoms with Gasteiger partial charge in [-0.15, -0.1) is 0 Å². The maximum absolute atomic E-state index is 11.8. The van der Waals surface area contributed by atoms with Gasteiger partial charge in [0.05, 0.1) is 0 Å². The average Bonchev–Trinajstić information content (AvgIpc) is 3.37. The van der Waals surface area contributed by atoms with Gasteiger partial charge in [-0.25, -0.2) is 0 Å². The summed E-state index contributed by atoms with van der Waals surface area (Å²) in [5, 5.41) is 12.0. The second-order valence-electron chi connectivity index (χ2n) is 13.1. The molecule has 0 aliphatic heterocycles. The molecule has 4 aliphatic rings. The van der Waals surface area contributed by atoms with E-state index >= 15 is 0 Å². The van der Waals surface area contributed by atoms with E-state index in [-0.39, 0.29) is 10.5 Å². The normalized spacial score (nSPS) is 34.4. The summed E-state index contributed by atoms with van der Waals surface area (Å²) in [6, 6.07) is 6.95. The first-order chi connectivity index (χ1) is 15.9. The highest BCUT2D eigenvalue weighted by atomic mass is 28.4. The van der Waals surface area contributed by atoms with Crippen molar-refractivity contribution in [3.8, 4) is 17.6 Å². The Bertz CT molecular complexity index is 1090. The van der Waals surface area contributed by atoms with E-state index in [1.165, 1.54) is 12.0 Å². The molecule has 5 atom stereocenters. The van der Waals surface area contributed by atoms with Crippen LogP contribution < -0.4 is 4.43 Å².